The Morgan fingerprint density at radius 1 is 1.08 bits per heavy atom. The molecule has 2 aromatic carbocycles. The van der Waals surface area contributed by atoms with Crippen molar-refractivity contribution in [3.63, 3.8) is 0 Å². The summed E-state index contributed by atoms with van der Waals surface area (Å²) in [7, 11) is 2.04. The number of nitrogens with zero attached hydrogens (tertiary/aromatic N) is 4. The van der Waals surface area contributed by atoms with E-state index in [1.54, 1.807) is 19.9 Å². The Hall–Kier alpha value is -3.21. The van der Waals surface area contributed by atoms with Gasteiger partial charge in [0.2, 0.25) is 0 Å². The number of hydrogen-bond donors (Lipinski definition) is 2. The molecule has 192 valence electrons. The maximum Gasteiger partial charge on any atom is 0.270 e. The van der Waals surface area contributed by atoms with Gasteiger partial charge in [-0.05, 0) is 37.2 Å². The van der Waals surface area contributed by atoms with Crippen LogP contribution in [0.25, 0.3) is 0 Å². The van der Waals surface area contributed by atoms with E-state index in [0.29, 0.717) is 10.6 Å². The largest absolute Gasteiger partial charge is 0.368 e. The number of non-ortho nitro benzene ring substituents is 1. The van der Waals surface area contributed by atoms with E-state index in [0.717, 1.165) is 31.9 Å². The zero-order valence-electron chi connectivity index (χ0n) is 20.2. The van der Waals surface area contributed by atoms with Crippen LogP contribution < -0.4 is 15.6 Å². The molecule has 1 heterocycles. The molecule has 3 rings (SSSR count). The van der Waals surface area contributed by atoms with E-state index >= 15 is 0 Å². The van der Waals surface area contributed by atoms with Crippen molar-refractivity contribution in [3.05, 3.63) is 67.7 Å². The second-order valence-corrected chi connectivity index (χ2v) is 9.66. The lowest BCUT2D eigenvalue weighted by molar-refractivity contribution is -0.384. The van der Waals surface area contributed by atoms with Crippen molar-refractivity contribution in [2.45, 2.75) is 19.9 Å². The van der Waals surface area contributed by atoms with Crippen molar-refractivity contribution in [2.24, 2.45) is 11.0 Å². The summed E-state index contributed by atoms with van der Waals surface area (Å²) in [5, 5.41) is 18.6. The van der Waals surface area contributed by atoms with E-state index in [1.165, 1.54) is 36.5 Å². The molecular weight excluding hydrogens is 507 g/mol. The average molecular weight is 535 g/mol. The summed E-state index contributed by atoms with van der Waals surface area (Å²) < 4.78 is 0. The predicted octanol–water partition coefficient (Wildman–Crippen LogP) is 3.56. The number of likely N-dealkylation sites (N-methyl/N-ethyl adjacent to an activating group) is 1. The van der Waals surface area contributed by atoms with Crippen LogP contribution in [0.15, 0.2) is 41.5 Å². The summed E-state index contributed by atoms with van der Waals surface area (Å²) >= 11 is 11.9. The van der Waals surface area contributed by atoms with Gasteiger partial charge in [0, 0.05) is 55.1 Å². The molecule has 1 atom stereocenters. The van der Waals surface area contributed by atoms with Gasteiger partial charge >= 0.3 is 0 Å². The zero-order valence-corrected chi connectivity index (χ0v) is 21.7. The number of rotatable bonds is 8. The van der Waals surface area contributed by atoms with E-state index in [1.807, 2.05) is 7.05 Å². The van der Waals surface area contributed by atoms with Gasteiger partial charge in [-0.25, -0.2) is 5.43 Å². The molecule has 2 aromatic rings. The lowest BCUT2D eigenvalue weighted by Gasteiger charge is -2.34. The van der Waals surface area contributed by atoms with Crippen LogP contribution in [0.2, 0.25) is 10.0 Å². The van der Waals surface area contributed by atoms with Gasteiger partial charge in [0.15, 0.2) is 0 Å². The monoisotopic (exact) mass is 534 g/mol. The van der Waals surface area contributed by atoms with Crippen LogP contribution in [0.4, 0.5) is 11.4 Å². The quantitative estimate of drug-likeness (QED) is 0.303. The predicted molar refractivity (Wildman–Crippen MR) is 141 cm³/mol. The second kappa shape index (κ2) is 12.2. The molecule has 0 bridgehead atoms. The Morgan fingerprint density at radius 3 is 2.39 bits per heavy atom. The minimum atomic E-state index is -0.883. The summed E-state index contributed by atoms with van der Waals surface area (Å²) in [6.07, 6.45) is 1.39. The first-order valence-electron chi connectivity index (χ1n) is 11.4. The van der Waals surface area contributed by atoms with Crippen molar-refractivity contribution in [1.82, 2.24) is 15.6 Å². The van der Waals surface area contributed by atoms with Gasteiger partial charge in [-0.2, -0.15) is 5.10 Å². The Balaban J connectivity index is 1.74. The van der Waals surface area contributed by atoms with Crippen LogP contribution in [0.5, 0.6) is 0 Å². The van der Waals surface area contributed by atoms with E-state index in [9.17, 15) is 19.7 Å². The molecular formula is C24H28Cl2N6O4. The Kier molecular flexibility index (Phi) is 9.25. The van der Waals surface area contributed by atoms with Crippen LogP contribution in [-0.4, -0.2) is 67.1 Å². The molecule has 0 saturated carbocycles. The fourth-order valence-electron chi connectivity index (χ4n) is 3.73. The normalized spacial score (nSPS) is 15.2. The van der Waals surface area contributed by atoms with Gasteiger partial charge in [-0.1, -0.05) is 37.0 Å². The number of carbonyl (C=O) groups excluding carboxylic acids is 2. The number of hydrazone groups is 1. The molecule has 1 aliphatic heterocycles. The van der Waals surface area contributed by atoms with Crippen molar-refractivity contribution < 1.29 is 14.5 Å². The lowest BCUT2D eigenvalue weighted by atomic mass is 10.0. The first-order chi connectivity index (χ1) is 17.1. The maximum atomic E-state index is 12.8. The van der Waals surface area contributed by atoms with Crippen LogP contribution in [0.3, 0.4) is 0 Å². The molecule has 10 nitrogen and oxygen atoms in total. The van der Waals surface area contributed by atoms with Gasteiger partial charge in [0.1, 0.15) is 6.04 Å². The molecule has 36 heavy (non-hydrogen) atoms. The van der Waals surface area contributed by atoms with Gasteiger partial charge in [-0.15, -0.1) is 0 Å². The molecule has 1 aliphatic rings. The number of anilines is 1. The van der Waals surface area contributed by atoms with Crippen molar-refractivity contribution in [3.8, 4) is 0 Å². The smallest absolute Gasteiger partial charge is 0.270 e. The number of halogens is 2. The maximum absolute atomic E-state index is 12.8. The van der Waals surface area contributed by atoms with Crippen molar-refractivity contribution in [1.29, 1.82) is 0 Å². The molecule has 0 radical (unpaired) electrons. The fourth-order valence-corrected chi connectivity index (χ4v) is 4.02. The average Bonchev–Trinajstić information content (AvgIpc) is 2.84. The van der Waals surface area contributed by atoms with Crippen LogP contribution >= 0.6 is 23.2 Å². The SMILES string of the molecule is CC(C)C(NC(=O)c1ccc(Cl)c(Cl)c1)C(=O)N/N=C/c1cc([N+](=O)[O-])ccc1N1CCN(C)CC1. The molecule has 0 aliphatic carbocycles. The highest BCUT2D eigenvalue weighted by molar-refractivity contribution is 6.42. The lowest BCUT2D eigenvalue weighted by Crippen LogP contribution is -2.48. The summed E-state index contributed by atoms with van der Waals surface area (Å²) in [4.78, 5) is 40.7. The third-order valence-corrected chi connectivity index (χ3v) is 6.60. The number of hydrogen-bond acceptors (Lipinski definition) is 7. The molecule has 1 saturated heterocycles. The summed E-state index contributed by atoms with van der Waals surface area (Å²) in [5.74, 6) is -1.26. The van der Waals surface area contributed by atoms with E-state index < -0.39 is 22.8 Å². The number of amides is 2. The number of nitrogens with one attached hydrogen (secondary N) is 2. The Bertz CT molecular complexity index is 1170. The molecule has 0 aromatic heterocycles. The number of piperazine rings is 1. The second-order valence-electron chi connectivity index (χ2n) is 8.85. The summed E-state index contributed by atoms with van der Waals surface area (Å²) in [6.45, 7) is 6.82. The van der Waals surface area contributed by atoms with Crippen LogP contribution in [0, 0.1) is 16.0 Å². The molecule has 2 amide bonds. The van der Waals surface area contributed by atoms with Crippen LogP contribution in [0.1, 0.15) is 29.8 Å². The van der Waals surface area contributed by atoms with Gasteiger partial charge < -0.3 is 15.1 Å². The standard InChI is InChI=1S/C24H28Cl2N6O4/c1-15(2)22(28-23(33)16-4-6-19(25)20(26)13-16)24(34)29-27-14-17-12-18(32(35)36)5-7-21(17)31-10-8-30(3)9-11-31/h4-7,12-15,22H,8-11H2,1-3H3,(H,28,33)(H,29,34)/b27-14+. The summed E-state index contributed by atoms with van der Waals surface area (Å²) in [5.41, 5.74) is 3.94. The molecule has 12 heteroatoms. The van der Waals surface area contributed by atoms with E-state index in [-0.39, 0.29) is 22.2 Å². The molecule has 1 unspecified atom stereocenters. The summed E-state index contributed by atoms with van der Waals surface area (Å²) in [6, 6.07) is 8.14. The van der Waals surface area contributed by atoms with E-state index in [4.69, 9.17) is 23.2 Å². The Morgan fingerprint density at radius 2 is 1.78 bits per heavy atom. The molecule has 0 spiro atoms. The van der Waals surface area contributed by atoms with Crippen molar-refractivity contribution in [2.75, 3.05) is 38.1 Å². The van der Waals surface area contributed by atoms with Gasteiger partial charge in [0.25, 0.3) is 17.5 Å². The zero-order chi connectivity index (χ0) is 26.4. The first kappa shape index (κ1) is 27.4. The van der Waals surface area contributed by atoms with Crippen molar-refractivity contribution >= 4 is 52.6 Å². The minimum absolute atomic E-state index is 0.0744. The molecule has 2 N–H and O–H groups in total. The fraction of sp³-hybridized carbons (Fsp3) is 0.375. The number of benzene rings is 2. The highest BCUT2D eigenvalue weighted by Crippen LogP contribution is 2.25. The highest BCUT2D eigenvalue weighted by atomic mass is 35.5. The first-order valence-corrected chi connectivity index (χ1v) is 12.1. The topological polar surface area (TPSA) is 120 Å². The molecule has 1 fully saturated rings. The van der Waals surface area contributed by atoms with Crippen LogP contribution in [-0.2, 0) is 4.79 Å². The highest BCUT2D eigenvalue weighted by Gasteiger charge is 2.25. The Labute approximate surface area is 219 Å². The number of nitro groups is 1. The third kappa shape index (κ3) is 6.93. The van der Waals surface area contributed by atoms with Gasteiger partial charge in [0.05, 0.1) is 21.2 Å². The number of carbonyl (C=O) groups is 2. The van der Waals surface area contributed by atoms with E-state index in [2.05, 4.69) is 25.6 Å². The number of nitro benzene ring substituents is 1. The van der Waals surface area contributed by atoms with Gasteiger partial charge in [-0.3, -0.25) is 19.7 Å². The third-order valence-electron chi connectivity index (χ3n) is 5.86. The minimum Gasteiger partial charge on any atom is -0.368 e.